The third-order valence-electron chi connectivity index (χ3n) is 1.90. The van der Waals surface area contributed by atoms with Crippen LogP contribution in [0.15, 0.2) is 6.20 Å². The second kappa shape index (κ2) is 4.72. The Balaban J connectivity index is 3.07. The molecule has 0 radical (unpaired) electrons. The zero-order valence-corrected chi connectivity index (χ0v) is 9.02. The molecule has 0 spiro atoms. The summed E-state index contributed by atoms with van der Waals surface area (Å²) >= 11 is 0. The van der Waals surface area contributed by atoms with Crippen molar-refractivity contribution in [2.24, 2.45) is 0 Å². The van der Waals surface area contributed by atoms with E-state index in [1.54, 1.807) is 0 Å². The fraction of sp³-hybridized carbons (Fsp3) is 0.500. The highest BCUT2D eigenvalue weighted by Crippen LogP contribution is 2.18. The highest BCUT2D eigenvalue weighted by atomic mass is 16.5. The summed E-state index contributed by atoms with van der Waals surface area (Å²) < 4.78 is 4.99. The molecule has 0 fully saturated rings. The normalized spacial score (nSPS) is 10.4. The van der Waals surface area contributed by atoms with E-state index < -0.39 is 5.97 Å². The van der Waals surface area contributed by atoms with Crippen LogP contribution in [0.1, 0.15) is 31.3 Å². The highest BCUT2D eigenvalue weighted by Gasteiger charge is 2.12. The molecular weight excluding hydrogens is 196 g/mol. The summed E-state index contributed by atoms with van der Waals surface area (Å²) in [4.78, 5) is 18.9. The summed E-state index contributed by atoms with van der Waals surface area (Å²) in [7, 11) is 1.47. The fourth-order valence-electron chi connectivity index (χ4n) is 1.14. The molecule has 0 aliphatic rings. The summed E-state index contributed by atoms with van der Waals surface area (Å²) in [6.45, 7) is 3.90. The van der Waals surface area contributed by atoms with Crippen LogP contribution >= 0.6 is 0 Å². The number of rotatable bonds is 4. The number of ether oxygens (including phenoxy) is 1. The first-order valence-electron chi connectivity index (χ1n) is 4.66. The monoisotopic (exact) mass is 210 g/mol. The number of carboxylic acid groups (broad SMARTS) is 1. The van der Waals surface area contributed by atoms with Gasteiger partial charge in [0.2, 0.25) is 0 Å². The molecule has 5 heteroatoms. The van der Waals surface area contributed by atoms with E-state index in [0.717, 1.165) is 0 Å². The van der Waals surface area contributed by atoms with Gasteiger partial charge in [0.05, 0.1) is 25.4 Å². The Morgan fingerprint density at radius 3 is 2.73 bits per heavy atom. The van der Waals surface area contributed by atoms with Gasteiger partial charge in [-0.2, -0.15) is 0 Å². The number of aromatic nitrogens is 2. The summed E-state index contributed by atoms with van der Waals surface area (Å²) in [6, 6.07) is 0. The molecule has 82 valence electrons. The van der Waals surface area contributed by atoms with Gasteiger partial charge in [-0.25, -0.2) is 9.97 Å². The van der Waals surface area contributed by atoms with E-state index in [9.17, 15) is 4.79 Å². The smallest absolute Gasteiger partial charge is 0.309 e. The minimum absolute atomic E-state index is 0.147. The molecule has 0 aliphatic carbocycles. The molecule has 1 N–H and O–H groups in total. The molecule has 0 saturated carbocycles. The maximum absolute atomic E-state index is 10.6. The Morgan fingerprint density at radius 1 is 1.60 bits per heavy atom. The molecular formula is C10H14N2O3. The lowest BCUT2D eigenvalue weighted by Crippen LogP contribution is -2.08. The van der Waals surface area contributed by atoms with Crippen LogP contribution in [0, 0.1) is 0 Å². The second-order valence-electron chi connectivity index (χ2n) is 3.47. The topological polar surface area (TPSA) is 72.3 Å². The van der Waals surface area contributed by atoms with Gasteiger partial charge in [-0.15, -0.1) is 0 Å². The Kier molecular flexibility index (Phi) is 3.60. The van der Waals surface area contributed by atoms with Gasteiger partial charge in [-0.3, -0.25) is 4.79 Å². The van der Waals surface area contributed by atoms with Crippen molar-refractivity contribution in [3.8, 4) is 5.75 Å². The maximum Gasteiger partial charge on any atom is 0.309 e. The molecule has 5 nitrogen and oxygen atoms in total. The van der Waals surface area contributed by atoms with E-state index in [-0.39, 0.29) is 12.3 Å². The van der Waals surface area contributed by atoms with Crippen LogP contribution in [-0.2, 0) is 11.2 Å². The van der Waals surface area contributed by atoms with Crippen LogP contribution in [0.2, 0.25) is 0 Å². The van der Waals surface area contributed by atoms with Gasteiger partial charge in [0.25, 0.3) is 0 Å². The van der Waals surface area contributed by atoms with E-state index in [4.69, 9.17) is 9.84 Å². The number of hydrogen-bond donors (Lipinski definition) is 1. The van der Waals surface area contributed by atoms with Crippen molar-refractivity contribution < 1.29 is 14.6 Å². The largest absolute Gasteiger partial charge is 0.493 e. The van der Waals surface area contributed by atoms with Crippen LogP contribution in [-0.4, -0.2) is 28.2 Å². The molecule has 0 aliphatic heterocycles. The molecule has 0 saturated heterocycles. The van der Waals surface area contributed by atoms with Gasteiger partial charge < -0.3 is 9.84 Å². The van der Waals surface area contributed by atoms with Crippen molar-refractivity contribution in [3.05, 3.63) is 17.7 Å². The van der Waals surface area contributed by atoms with Crippen LogP contribution in [0.4, 0.5) is 0 Å². The summed E-state index contributed by atoms with van der Waals surface area (Å²) in [5.41, 5.74) is 0.420. The molecule has 0 bridgehead atoms. The number of carbonyl (C=O) groups is 1. The zero-order valence-electron chi connectivity index (χ0n) is 9.02. The first kappa shape index (κ1) is 11.4. The first-order valence-corrected chi connectivity index (χ1v) is 4.66. The van der Waals surface area contributed by atoms with Gasteiger partial charge in [-0.05, 0) is 0 Å². The van der Waals surface area contributed by atoms with Crippen molar-refractivity contribution in [2.45, 2.75) is 26.2 Å². The molecule has 0 amide bonds. The maximum atomic E-state index is 10.6. The first-order chi connectivity index (χ1) is 7.04. The minimum atomic E-state index is -0.929. The average Bonchev–Trinajstić information content (AvgIpc) is 2.16. The Labute approximate surface area is 88.1 Å². The molecule has 1 rings (SSSR count). The van der Waals surface area contributed by atoms with E-state index in [0.29, 0.717) is 17.3 Å². The van der Waals surface area contributed by atoms with Crippen LogP contribution in [0.3, 0.4) is 0 Å². The number of hydrogen-bond acceptors (Lipinski definition) is 4. The molecule has 0 unspecified atom stereocenters. The standard InChI is InChI=1S/C10H14N2O3/c1-6(2)10-11-5-8(15-3)7(12-10)4-9(13)14/h5-6H,4H2,1-3H3,(H,13,14). The number of nitrogens with zero attached hydrogens (tertiary/aromatic N) is 2. The van der Waals surface area contributed by atoms with E-state index in [1.165, 1.54) is 13.3 Å². The van der Waals surface area contributed by atoms with E-state index in [1.807, 2.05) is 13.8 Å². The Bertz CT molecular complexity index is 364. The molecule has 1 aromatic rings. The minimum Gasteiger partial charge on any atom is -0.493 e. The quantitative estimate of drug-likeness (QED) is 0.809. The highest BCUT2D eigenvalue weighted by molar-refractivity contribution is 5.70. The lowest BCUT2D eigenvalue weighted by atomic mass is 10.2. The molecule has 1 aromatic heterocycles. The van der Waals surface area contributed by atoms with Crippen molar-refractivity contribution >= 4 is 5.97 Å². The van der Waals surface area contributed by atoms with E-state index >= 15 is 0 Å². The van der Waals surface area contributed by atoms with Crippen LogP contribution in [0.25, 0.3) is 0 Å². The molecule has 0 aromatic carbocycles. The average molecular weight is 210 g/mol. The van der Waals surface area contributed by atoms with Gasteiger partial charge >= 0.3 is 5.97 Å². The lowest BCUT2D eigenvalue weighted by molar-refractivity contribution is -0.136. The predicted molar refractivity (Wildman–Crippen MR) is 54.0 cm³/mol. The fourth-order valence-corrected chi connectivity index (χ4v) is 1.14. The molecule has 0 atom stereocenters. The summed E-state index contributed by atoms with van der Waals surface area (Å²) in [5.74, 6) is 0.291. The zero-order chi connectivity index (χ0) is 11.4. The molecule has 1 heterocycles. The van der Waals surface area contributed by atoms with Crippen molar-refractivity contribution in [1.29, 1.82) is 0 Å². The van der Waals surface area contributed by atoms with Gasteiger partial charge in [-0.1, -0.05) is 13.8 Å². The van der Waals surface area contributed by atoms with E-state index in [2.05, 4.69) is 9.97 Å². The number of carboxylic acids is 1. The van der Waals surface area contributed by atoms with Crippen molar-refractivity contribution in [1.82, 2.24) is 9.97 Å². The lowest BCUT2D eigenvalue weighted by Gasteiger charge is -2.09. The number of aliphatic carboxylic acids is 1. The molecule has 15 heavy (non-hydrogen) atoms. The summed E-state index contributed by atoms with van der Waals surface area (Å²) in [5, 5.41) is 8.70. The van der Waals surface area contributed by atoms with Crippen LogP contribution < -0.4 is 4.74 Å². The summed E-state index contributed by atoms with van der Waals surface area (Å²) in [6.07, 6.45) is 1.37. The predicted octanol–water partition coefficient (Wildman–Crippen LogP) is 1.24. The van der Waals surface area contributed by atoms with Crippen LogP contribution in [0.5, 0.6) is 5.75 Å². The Morgan fingerprint density at radius 2 is 2.27 bits per heavy atom. The van der Waals surface area contributed by atoms with Gasteiger partial charge in [0.1, 0.15) is 5.82 Å². The second-order valence-corrected chi connectivity index (χ2v) is 3.47. The Hall–Kier alpha value is -1.65. The third-order valence-corrected chi connectivity index (χ3v) is 1.90. The third kappa shape index (κ3) is 2.90. The van der Waals surface area contributed by atoms with Crippen molar-refractivity contribution in [2.75, 3.05) is 7.11 Å². The number of methoxy groups -OCH3 is 1. The van der Waals surface area contributed by atoms with Crippen molar-refractivity contribution in [3.63, 3.8) is 0 Å². The SMILES string of the molecule is COc1cnc(C(C)C)nc1CC(=O)O. The van der Waals surface area contributed by atoms with Gasteiger partial charge in [0.15, 0.2) is 5.75 Å². The van der Waals surface area contributed by atoms with Gasteiger partial charge in [0, 0.05) is 5.92 Å².